The molecule has 0 atom stereocenters. The van der Waals surface area contributed by atoms with Crippen LogP contribution in [0, 0.1) is 0 Å². The van der Waals surface area contributed by atoms with E-state index in [0.29, 0.717) is 0 Å². The SMILES string of the molecule is CCNCc1nc2c([nH]1)CNC2. The molecule has 1 aromatic heterocycles. The van der Waals surface area contributed by atoms with Crippen molar-refractivity contribution in [2.45, 2.75) is 26.6 Å². The molecule has 1 aliphatic rings. The number of imidazole rings is 1. The van der Waals surface area contributed by atoms with Gasteiger partial charge in [0.2, 0.25) is 0 Å². The summed E-state index contributed by atoms with van der Waals surface area (Å²) in [5.41, 5.74) is 2.44. The molecule has 4 heteroatoms. The van der Waals surface area contributed by atoms with Gasteiger partial charge in [-0.15, -0.1) is 0 Å². The first kappa shape index (κ1) is 7.76. The van der Waals surface area contributed by atoms with Gasteiger partial charge in [-0.2, -0.15) is 0 Å². The molecule has 0 saturated carbocycles. The quantitative estimate of drug-likeness (QED) is 0.598. The second-order valence-electron chi connectivity index (χ2n) is 2.99. The molecule has 1 aliphatic heterocycles. The first-order valence-corrected chi connectivity index (χ1v) is 4.38. The molecular formula is C8H14N4. The maximum absolute atomic E-state index is 4.45. The van der Waals surface area contributed by atoms with Crippen molar-refractivity contribution in [2.24, 2.45) is 0 Å². The molecule has 0 aromatic carbocycles. The Hall–Kier alpha value is -0.870. The monoisotopic (exact) mass is 166 g/mol. The Labute approximate surface area is 71.8 Å². The summed E-state index contributed by atoms with van der Waals surface area (Å²) in [6, 6.07) is 0. The Morgan fingerprint density at radius 1 is 1.50 bits per heavy atom. The van der Waals surface area contributed by atoms with Crippen LogP contribution in [-0.2, 0) is 19.6 Å². The summed E-state index contributed by atoms with van der Waals surface area (Å²) in [6.45, 7) is 5.79. The van der Waals surface area contributed by atoms with Gasteiger partial charge in [0.1, 0.15) is 5.82 Å². The number of nitrogens with zero attached hydrogens (tertiary/aromatic N) is 1. The summed E-state index contributed by atoms with van der Waals surface area (Å²) in [6.07, 6.45) is 0. The predicted molar refractivity (Wildman–Crippen MR) is 46.5 cm³/mol. The van der Waals surface area contributed by atoms with Crippen molar-refractivity contribution in [3.63, 3.8) is 0 Å². The lowest BCUT2D eigenvalue weighted by molar-refractivity contribution is 0.678. The molecule has 0 radical (unpaired) electrons. The van der Waals surface area contributed by atoms with Crippen LogP contribution in [0.5, 0.6) is 0 Å². The van der Waals surface area contributed by atoms with Crippen LogP contribution in [0.25, 0.3) is 0 Å². The van der Waals surface area contributed by atoms with Crippen LogP contribution in [0.1, 0.15) is 24.1 Å². The molecule has 1 aromatic rings. The third kappa shape index (κ3) is 1.35. The number of hydrogen-bond donors (Lipinski definition) is 3. The van der Waals surface area contributed by atoms with Gasteiger partial charge in [-0.25, -0.2) is 4.98 Å². The fraction of sp³-hybridized carbons (Fsp3) is 0.625. The standard InChI is InChI=1S/C8H14N4/c1-2-9-5-8-11-6-3-10-4-7(6)12-8/h9-10H,2-5H2,1H3,(H,11,12). The highest BCUT2D eigenvalue weighted by Gasteiger charge is 2.14. The second-order valence-corrected chi connectivity index (χ2v) is 2.99. The lowest BCUT2D eigenvalue weighted by atomic mass is 10.4. The highest BCUT2D eigenvalue weighted by atomic mass is 15.1. The number of aromatic amines is 1. The smallest absolute Gasteiger partial charge is 0.120 e. The van der Waals surface area contributed by atoms with E-state index >= 15 is 0 Å². The van der Waals surface area contributed by atoms with Crippen molar-refractivity contribution in [1.82, 2.24) is 20.6 Å². The Morgan fingerprint density at radius 2 is 2.42 bits per heavy atom. The van der Waals surface area contributed by atoms with E-state index in [1.807, 2.05) is 0 Å². The lowest BCUT2D eigenvalue weighted by Gasteiger charge is -1.96. The molecule has 0 saturated heterocycles. The molecule has 66 valence electrons. The third-order valence-electron chi connectivity index (χ3n) is 2.05. The van der Waals surface area contributed by atoms with Gasteiger partial charge in [0.15, 0.2) is 0 Å². The first-order chi connectivity index (χ1) is 5.90. The second kappa shape index (κ2) is 3.25. The maximum atomic E-state index is 4.45. The molecule has 2 heterocycles. The molecular weight excluding hydrogens is 152 g/mol. The van der Waals surface area contributed by atoms with E-state index < -0.39 is 0 Å². The van der Waals surface area contributed by atoms with Gasteiger partial charge in [0, 0.05) is 13.1 Å². The molecule has 0 spiro atoms. The Bertz CT molecular complexity index is 245. The highest BCUT2D eigenvalue weighted by Crippen LogP contribution is 2.11. The van der Waals surface area contributed by atoms with Crippen molar-refractivity contribution in [1.29, 1.82) is 0 Å². The van der Waals surface area contributed by atoms with E-state index in [9.17, 15) is 0 Å². The summed E-state index contributed by atoms with van der Waals surface area (Å²) < 4.78 is 0. The van der Waals surface area contributed by atoms with E-state index in [1.165, 1.54) is 11.4 Å². The van der Waals surface area contributed by atoms with Crippen LogP contribution in [0.2, 0.25) is 0 Å². The van der Waals surface area contributed by atoms with Crippen LogP contribution in [-0.4, -0.2) is 16.5 Å². The fourth-order valence-corrected chi connectivity index (χ4v) is 1.43. The van der Waals surface area contributed by atoms with E-state index in [-0.39, 0.29) is 0 Å². The van der Waals surface area contributed by atoms with E-state index in [2.05, 4.69) is 27.5 Å². The van der Waals surface area contributed by atoms with Crippen LogP contribution in [0.15, 0.2) is 0 Å². The van der Waals surface area contributed by atoms with Gasteiger partial charge in [-0.05, 0) is 6.54 Å². The topological polar surface area (TPSA) is 52.7 Å². The van der Waals surface area contributed by atoms with Crippen molar-refractivity contribution < 1.29 is 0 Å². The molecule has 12 heavy (non-hydrogen) atoms. The van der Waals surface area contributed by atoms with Crippen LogP contribution in [0.4, 0.5) is 0 Å². The molecule has 0 bridgehead atoms. The summed E-state index contributed by atoms with van der Waals surface area (Å²) in [4.78, 5) is 7.74. The molecule has 2 rings (SSSR count). The molecule has 4 nitrogen and oxygen atoms in total. The Balaban J connectivity index is 2.05. The van der Waals surface area contributed by atoms with Crippen LogP contribution < -0.4 is 10.6 Å². The van der Waals surface area contributed by atoms with Crippen molar-refractivity contribution >= 4 is 0 Å². The Morgan fingerprint density at radius 3 is 3.17 bits per heavy atom. The minimum Gasteiger partial charge on any atom is -0.343 e. The fourth-order valence-electron chi connectivity index (χ4n) is 1.43. The van der Waals surface area contributed by atoms with Gasteiger partial charge < -0.3 is 15.6 Å². The van der Waals surface area contributed by atoms with Crippen molar-refractivity contribution in [2.75, 3.05) is 6.54 Å². The van der Waals surface area contributed by atoms with E-state index in [1.54, 1.807) is 0 Å². The zero-order valence-corrected chi connectivity index (χ0v) is 7.28. The molecule has 3 N–H and O–H groups in total. The van der Waals surface area contributed by atoms with Gasteiger partial charge in [0.25, 0.3) is 0 Å². The average Bonchev–Trinajstić information content (AvgIpc) is 2.58. The van der Waals surface area contributed by atoms with Gasteiger partial charge in [0.05, 0.1) is 17.9 Å². The van der Waals surface area contributed by atoms with Crippen molar-refractivity contribution in [3.05, 3.63) is 17.2 Å². The summed E-state index contributed by atoms with van der Waals surface area (Å²) in [5, 5.41) is 6.48. The Kier molecular flexibility index (Phi) is 2.10. The number of H-pyrrole nitrogens is 1. The largest absolute Gasteiger partial charge is 0.343 e. The molecule has 0 unspecified atom stereocenters. The van der Waals surface area contributed by atoms with Crippen LogP contribution in [0.3, 0.4) is 0 Å². The molecule has 0 aliphatic carbocycles. The number of nitrogens with one attached hydrogen (secondary N) is 3. The zero-order valence-electron chi connectivity index (χ0n) is 7.28. The summed E-state index contributed by atoms with van der Waals surface area (Å²) >= 11 is 0. The first-order valence-electron chi connectivity index (χ1n) is 4.38. The van der Waals surface area contributed by atoms with Gasteiger partial charge in [-0.3, -0.25) is 0 Å². The number of fused-ring (bicyclic) bond motifs is 1. The van der Waals surface area contributed by atoms with Crippen LogP contribution >= 0.6 is 0 Å². The summed E-state index contributed by atoms with van der Waals surface area (Å²) in [5.74, 6) is 1.06. The molecule has 0 amide bonds. The normalized spacial score (nSPS) is 15.1. The number of rotatable bonds is 3. The highest BCUT2D eigenvalue weighted by molar-refractivity contribution is 5.18. The third-order valence-corrected chi connectivity index (χ3v) is 2.05. The van der Waals surface area contributed by atoms with E-state index in [4.69, 9.17) is 0 Å². The van der Waals surface area contributed by atoms with Crippen molar-refractivity contribution in [3.8, 4) is 0 Å². The summed E-state index contributed by atoms with van der Waals surface area (Å²) in [7, 11) is 0. The average molecular weight is 166 g/mol. The number of aromatic nitrogens is 2. The lowest BCUT2D eigenvalue weighted by Crippen LogP contribution is -2.13. The minimum atomic E-state index is 0.851. The van der Waals surface area contributed by atoms with Gasteiger partial charge >= 0.3 is 0 Å². The van der Waals surface area contributed by atoms with Gasteiger partial charge in [-0.1, -0.05) is 6.92 Å². The maximum Gasteiger partial charge on any atom is 0.120 e. The van der Waals surface area contributed by atoms with E-state index in [0.717, 1.165) is 32.0 Å². The number of hydrogen-bond acceptors (Lipinski definition) is 3. The molecule has 0 fully saturated rings. The zero-order chi connectivity index (χ0) is 8.39. The minimum absolute atomic E-state index is 0.851. The predicted octanol–water partition coefficient (Wildman–Crippen LogP) is 0.122.